The fourth-order valence-corrected chi connectivity index (χ4v) is 5.47. The van der Waals surface area contributed by atoms with Gasteiger partial charge >= 0.3 is 6.09 Å². The van der Waals surface area contributed by atoms with Crippen LogP contribution in [0, 0.1) is 0 Å². The summed E-state index contributed by atoms with van der Waals surface area (Å²) < 4.78 is 16.7. The van der Waals surface area contributed by atoms with E-state index < -0.39 is 6.09 Å². The van der Waals surface area contributed by atoms with Crippen molar-refractivity contribution in [3.8, 4) is 28.4 Å². The number of hydrogen-bond donors (Lipinski definition) is 1. The van der Waals surface area contributed by atoms with Gasteiger partial charge in [-0.2, -0.15) is 0 Å². The van der Waals surface area contributed by atoms with Gasteiger partial charge in [0, 0.05) is 56.1 Å². The Labute approximate surface area is 248 Å². The van der Waals surface area contributed by atoms with Gasteiger partial charge in [0.25, 0.3) is 0 Å². The minimum absolute atomic E-state index is 0.234. The zero-order valence-corrected chi connectivity index (χ0v) is 24.5. The first-order valence-electron chi connectivity index (χ1n) is 13.1. The van der Waals surface area contributed by atoms with Crippen LogP contribution >= 0.6 is 23.2 Å². The van der Waals surface area contributed by atoms with E-state index in [-0.39, 0.29) is 5.75 Å². The fraction of sp³-hybridized carbons (Fsp3) is 0.310. The highest BCUT2D eigenvalue weighted by Crippen LogP contribution is 2.48. The number of carbonyl (C=O) groups is 1. The number of nitrogens with zero attached hydrogens (tertiary/aromatic N) is 5. The predicted octanol–water partition coefficient (Wildman–Crippen LogP) is 5.76. The minimum Gasteiger partial charge on any atom is -0.495 e. The Kier molecular flexibility index (Phi) is 9.04. The smallest absolute Gasteiger partial charge is 0.417 e. The van der Waals surface area contributed by atoms with E-state index >= 15 is 0 Å². The Bertz CT molecular complexity index is 1520. The van der Waals surface area contributed by atoms with Crippen LogP contribution < -0.4 is 19.5 Å². The van der Waals surface area contributed by atoms with Gasteiger partial charge in [0.2, 0.25) is 0 Å². The molecule has 41 heavy (non-hydrogen) atoms. The lowest BCUT2D eigenvalue weighted by Gasteiger charge is -2.33. The first-order valence-corrected chi connectivity index (χ1v) is 13.9. The topological polar surface area (TPSA) is 102 Å². The highest BCUT2D eigenvalue weighted by Gasteiger charge is 2.24. The number of piperazine rings is 1. The van der Waals surface area contributed by atoms with E-state index in [1.54, 1.807) is 42.7 Å². The molecule has 0 spiro atoms. The lowest BCUT2D eigenvalue weighted by Crippen LogP contribution is -2.45. The monoisotopic (exact) mass is 596 g/mol. The molecule has 1 amide bonds. The van der Waals surface area contributed by atoms with E-state index in [9.17, 15) is 4.79 Å². The molecule has 2 aromatic carbocycles. The average Bonchev–Trinajstić information content (AvgIpc) is 2.99. The third-order valence-corrected chi connectivity index (χ3v) is 7.71. The van der Waals surface area contributed by atoms with Gasteiger partial charge in [0.15, 0.2) is 5.75 Å². The first kappa shape index (κ1) is 28.8. The number of carbonyl (C=O) groups excluding carboxylic acids is 1. The highest BCUT2D eigenvalue weighted by atomic mass is 35.5. The van der Waals surface area contributed by atoms with Gasteiger partial charge in [-0.05, 0) is 30.8 Å². The summed E-state index contributed by atoms with van der Waals surface area (Å²) >= 11 is 13.5. The molecule has 1 fully saturated rings. The molecule has 10 nitrogen and oxygen atoms in total. The van der Waals surface area contributed by atoms with Gasteiger partial charge in [0.05, 0.1) is 48.0 Å². The molecular weight excluding hydrogens is 567 g/mol. The Morgan fingerprint density at radius 3 is 2.29 bits per heavy atom. The predicted molar refractivity (Wildman–Crippen MR) is 159 cm³/mol. The Morgan fingerprint density at radius 1 is 0.951 bits per heavy atom. The SMILES string of the molecule is CCN1CCN(Cc2cnc3c(-c4c(Cl)c(OC)cc(OC)c4Cl)ccc(OC(=O)Nc4cccnc4)c3n2)CC1. The second-order valence-corrected chi connectivity index (χ2v) is 10.2. The number of ether oxygens (including phenoxy) is 3. The number of benzene rings is 2. The summed E-state index contributed by atoms with van der Waals surface area (Å²) in [4.78, 5) is 31.3. The molecule has 5 rings (SSSR count). The fourth-order valence-electron chi connectivity index (χ4n) is 4.77. The summed E-state index contributed by atoms with van der Waals surface area (Å²) in [5, 5.41) is 3.27. The average molecular weight is 598 g/mol. The molecule has 214 valence electrons. The number of halogens is 2. The third kappa shape index (κ3) is 6.31. The van der Waals surface area contributed by atoms with E-state index in [1.165, 1.54) is 20.4 Å². The Hall–Kier alpha value is -3.70. The van der Waals surface area contributed by atoms with Crippen LogP contribution in [0.3, 0.4) is 0 Å². The van der Waals surface area contributed by atoms with E-state index in [0.717, 1.165) is 38.4 Å². The molecule has 0 atom stereocenters. The van der Waals surface area contributed by atoms with Crippen LogP contribution in [-0.4, -0.2) is 77.8 Å². The number of rotatable bonds is 8. The first-order chi connectivity index (χ1) is 19.9. The van der Waals surface area contributed by atoms with Gasteiger partial charge in [0.1, 0.15) is 22.5 Å². The van der Waals surface area contributed by atoms with E-state index in [4.69, 9.17) is 47.4 Å². The van der Waals surface area contributed by atoms with E-state index in [2.05, 4.69) is 27.0 Å². The number of nitrogens with one attached hydrogen (secondary N) is 1. The Morgan fingerprint density at radius 2 is 1.66 bits per heavy atom. The Balaban J connectivity index is 1.57. The summed E-state index contributed by atoms with van der Waals surface area (Å²) in [5.74, 6) is 1.02. The van der Waals surface area contributed by atoms with Crippen molar-refractivity contribution in [2.24, 2.45) is 0 Å². The van der Waals surface area contributed by atoms with Crippen molar-refractivity contribution in [3.05, 3.63) is 64.7 Å². The number of amides is 1. The largest absolute Gasteiger partial charge is 0.495 e. The van der Waals surface area contributed by atoms with Crippen molar-refractivity contribution >= 4 is 46.0 Å². The maximum atomic E-state index is 12.8. The van der Waals surface area contributed by atoms with Gasteiger partial charge < -0.3 is 19.1 Å². The third-order valence-electron chi connectivity index (χ3n) is 6.96. The number of methoxy groups -OCH3 is 2. The summed E-state index contributed by atoms with van der Waals surface area (Å²) in [5.41, 5.74) is 3.15. The van der Waals surface area contributed by atoms with Crippen LogP contribution in [0.5, 0.6) is 17.2 Å². The molecule has 1 N–H and O–H groups in total. The second kappa shape index (κ2) is 12.9. The van der Waals surface area contributed by atoms with Crippen molar-refractivity contribution < 1.29 is 19.0 Å². The van der Waals surface area contributed by atoms with Crippen molar-refractivity contribution in [1.29, 1.82) is 0 Å². The molecule has 0 radical (unpaired) electrons. The molecule has 1 aliphatic rings. The van der Waals surface area contributed by atoms with Crippen molar-refractivity contribution in [2.45, 2.75) is 13.5 Å². The van der Waals surface area contributed by atoms with Gasteiger partial charge in [-0.15, -0.1) is 0 Å². The maximum absolute atomic E-state index is 12.8. The number of anilines is 1. The molecule has 1 aliphatic heterocycles. The van der Waals surface area contributed by atoms with Gasteiger partial charge in [-0.3, -0.25) is 20.2 Å². The molecule has 4 aromatic rings. The number of hydrogen-bond acceptors (Lipinski definition) is 9. The highest BCUT2D eigenvalue weighted by molar-refractivity contribution is 6.41. The zero-order valence-electron chi connectivity index (χ0n) is 23.0. The lowest BCUT2D eigenvalue weighted by atomic mass is 10.0. The van der Waals surface area contributed by atoms with Crippen LogP contribution in [0.4, 0.5) is 10.5 Å². The summed E-state index contributed by atoms with van der Waals surface area (Å²) in [6.07, 6.45) is 4.19. The standard InChI is InChI=1S/C29H30Cl2N6O4/c1-4-36-10-12-37(13-11-36)17-19-16-33-27-20(24-25(30)22(39-2)14-23(40-3)26(24)31)7-8-21(28(27)34-19)41-29(38)35-18-6-5-9-32-15-18/h5-9,14-16H,4,10-13,17H2,1-3H3,(H,35,38). The van der Waals surface area contributed by atoms with Crippen LogP contribution in [-0.2, 0) is 6.54 Å². The van der Waals surface area contributed by atoms with Crippen LogP contribution in [0.15, 0.2) is 48.9 Å². The maximum Gasteiger partial charge on any atom is 0.417 e. The lowest BCUT2D eigenvalue weighted by molar-refractivity contribution is 0.131. The zero-order chi connectivity index (χ0) is 28.9. The molecular formula is C29H30Cl2N6O4. The quantitative estimate of drug-likeness (QED) is 0.272. The molecule has 1 saturated heterocycles. The molecule has 0 unspecified atom stereocenters. The number of pyridine rings is 1. The second-order valence-electron chi connectivity index (χ2n) is 9.42. The number of fused-ring (bicyclic) bond motifs is 1. The number of likely N-dealkylation sites (N-methyl/N-ethyl adjacent to an activating group) is 1. The normalized spacial score (nSPS) is 14.2. The molecule has 0 saturated carbocycles. The van der Waals surface area contributed by atoms with Crippen LogP contribution in [0.2, 0.25) is 10.0 Å². The van der Waals surface area contributed by atoms with E-state index in [1.807, 2.05) is 0 Å². The molecule has 3 heterocycles. The minimum atomic E-state index is -0.686. The molecule has 0 aliphatic carbocycles. The summed E-state index contributed by atoms with van der Waals surface area (Å²) in [6.45, 7) is 7.68. The van der Waals surface area contributed by atoms with Crippen LogP contribution in [0.25, 0.3) is 22.2 Å². The van der Waals surface area contributed by atoms with E-state index in [0.29, 0.717) is 55.9 Å². The van der Waals surface area contributed by atoms with Crippen molar-refractivity contribution in [1.82, 2.24) is 24.8 Å². The van der Waals surface area contributed by atoms with Crippen molar-refractivity contribution in [2.75, 3.05) is 52.3 Å². The summed E-state index contributed by atoms with van der Waals surface area (Å²) in [6, 6.07) is 8.44. The number of aromatic nitrogens is 3. The summed E-state index contributed by atoms with van der Waals surface area (Å²) in [7, 11) is 3.03. The van der Waals surface area contributed by atoms with Gasteiger partial charge in [-0.25, -0.2) is 9.78 Å². The molecule has 0 bridgehead atoms. The van der Waals surface area contributed by atoms with Gasteiger partial charge in [-0.1, -0.05) is 30.1 Å². The van der Waals surface area contributed by atoms with Crippen molar-refractivity contribution in [3.63, 3.8) is 0 Å². The molecule has 2 aromatic heterocycles. The van der Waals surface area contributed by atoms with Crippen LogP contribution in [0.1, 0.15) is 12.6 Å². The molecule has 12 heteroatoms.